The largest absolute Gasteiger partial charge is 0.488 e. The number of allylic oxidation sites excluding steroid dienone is 1. The summed E-state index contributed by atoms with van der Waals surface area (Å²) in [5.41, 5.74) is 2.19. The molecular weight excluding hydrogens is 317 g/mol. The number of hydrogen-bond acceptors (Lipinski definition) is 3. The molecule has 4 heteroatoms. The first-order chi connectivity index (χ1) is 12.2. The van der Waals surface area contributed by atoms with Crippen LogP contribution in [0.15, 0.2) is 79.1 Å². The molecule has 0 aliphatic carbocycles. The van der Waals surface area contributed by atoms with E-state index in [1.807, 2.05) is 36.4 Å². The van der Waals surface area contributed by atoms with Crippen molar-refractivity contribution < 1.29 is 13.9 Å². The number of rotatable bonds is 6. The third-order valence-electron chi connectivity index (χ3n) is 3.58. The fraction of sp³-hybridized carbons (Fsp3) is 0.0476. The van der Waals surface area contributed by atoms with Gasteiger partial charge in [-0.15, -0.1) is 0 Å². The predicted molar refractivity (Wildman–Crippen MR) is 94.8 cm³/mol. The van der Waals surface area contributed by atoms with E-state index < -0.39 is 0 Å². The van der Waals surface area contributed by atoms with Crippen LogP contribution in [0.5, 0.6) is 5.75 Å². The molecule has 0 aliphatic rings. The standard InChI is InChI=1S/C21H16FNO2/c22-19-10-7-17(8-11-19)20(24)12-9-18-5-1-2-6-21(18)25-15-16-4-3-13-23-14-16/h1-14H,15H2/b12-9+. The van der Waals surface area contributed by atoms with Crippen molar-refractivity contribution in [2.45, 2.75) is 6.61 Å². The number of carbonyl (C=O) groups excluding carboxylic acids is 1. The van der Waals surface area contributed by atoms with Crippen molar-refractivity contribution in [3.63, 3.8) is 0 Å². The Hall–Kier alpha value is -3.27. The number of benzene rings is 2. The van der Waals surface area contributed by atoms with Crippen molar-refractivity contribution in [3.05, 3.63) is 102 Å². The van der Waals surface area contributed by atoms with E-state index in [4.69, 9.17) is 4.74 Å². The number of carbonyl (C=O) groups is 1. The number of para-hydroxylation sites is 1. The summed E-state index contributed by atoms with van der Waals surface area (Å²) in [6.45, 7) is 0.393. The summed E-state index contributed by atoms with van der Waals surface area (Å²) in [6, 6.07) is 16.7. The lowest BCUT2D eigenvalue weighted by atomic mass is 10.1. The molecule has 1 heterocycles. The number of ether oxygens (including phenoxy) is 1. The van der Waals surface area contributed by atoms with Gasteiger partial charge in [-0.25, -0.2) is 4.39 Å². The molecule has 0 spiro atoms. The van der Waals surface area contributed by atoms with Crippen molar-refractivity contribution in [2.75, 3.05) is 0 Å². The van der Waals surface area contributed by atoms with E-state index >= 15 is 0 Å². The van der Waals surface area contributed by atoms with Crippen molar-refractivity contribution in [1.82, 2.24) is 4.98 Å². The zero-order chi connectivity index (χ0) is 17.5. The van der Waals surface area contributed by atoms with Gasteiger partial charge in [0.25, 0.3) is 0 Å². The molecule has 0 N–H and O–H groups in total. The summed E-state index contributed by atoms with van der Waals surface area (Å²) in [7, 11) is 0. The molecule has 0 radical (unpaired) electrons. The van der Waals surface area contributed by atoms with Crippen molar-refractivity contribution in [2.24, 2.45) is 0 Å². The minimum absolute atomic E-state index is 0.193. The number of halogens is 1. The van der Waals surface area contributed by atoms with Gasteiger partial charge in [-0.2, -0.15) is 0 Å². The third kappa shape index (κ3) is 4.61. The van der Waals surface area contributed by atoms with Gasteiger partial charge >= 0.3 is 0 Å². The minimum atomic E-state index is -0.366. The average molecular weight is 333 g/mol. The van der Waals surface area contributed by atoms with E-state index in [0.29, 0.717) is 17.9 Å². The Kier molecular flexibility index (Phi) is 5.32. The second kappa shape index (κ2) is 8.02. The molecule has 0 bridgehead atoms. The highest BCUT2D eigenvalue weighted by Crippen LogP contribution is 2.21. The molecular formula is C21H16FNO2. The maximum absolute atomic E-state index is 12.9. The molecule has 3 nitrogen and oxygen atoms in total. The molecule has 3 aromatic rings. The number of hydrogen-bond donors (Lipinski definition) is 0. The van der Waals surface area contributed by atoms with Gasteiger partial charge in [-0.05, 0) is 48.6 Å². The van der Waals surface area contributed by atoms with Crippen LogP contribution in [0.25, 0.3) is 6.08 Å². The summed E-state index contributed by atoms with van der Waals surface area (Å²) in [5.74, 6) is 0.117. The molecule has 0 saturated carbocycles. The first-order valence-electron chi connectivity index (χ1n) is 7.81. The number of pyridine rings is 1. The van der Waals surface area contributed by atoms with Crippen molar-refractivity contribution in [3.8, 4) is 5.75 Å². The van der Waals surface area contributed by atoms with E-state index in [1.54, 1.807) is 18.5 Å². The highest BCUT2D eigenvalue weighted by molar-refractivity contribution is 6.06. The van der Waals surface area contributed by atoms with E-state index in [9.17, 15) is 9.18 Å². The number of aromatic nitrogens is 1. The first kappa shape index (κ1) is 16.6. The Morgan fingerprint density at radius 2 is 1.84 bits per heavy atom. The molecule has 124 valence electrons. The number of nitrogens with zero attached hydrogens (tertiary/aromatic N) is 1. The second-order valence-electron chi connectivity index (χ2n) is 5.39. The smallest absolute Gasteiger partial charge is 0.185 e. The fourth-order valence-electron chi connectivity index (χ4n) is 2.27. The Balaban J connectivity index is 1.72. The predicted octanol–water partition coefficient (Wildman–Crippen LogP) is 4.70. The Labute approximate surface area is 145 Å². The van der Waals surface area contributed by atoms with Gasteiger partial charge in [0.2, 0.25) is 0 Å². The van der Waals surface area contributed by atoms with Gasteiger partial charge in [0.1, 0.15) is 18.2 Å². The van der Waals surface area contributed by atoms with Crippen LogP contribution in [0.1, 0.15) is 21.5 Å². The van der Waals surface area contributed by atoms with E-state index in [2.05, 4.69) is 4.98 Å². The van der Waals surface area contributed by atoms with Gasteiger partial charge in [-0.3, -0.25) is 9.78 Å². The quantitative estimate of drug-likeness (QED) is 0.485. The SMILES string of the molecule is O=C(/C=C/c1ccccc1OCc1cccnc1)c1ccc(F)cc1. The first-order valence-corrected chi connectivity index (χ1v) is 7.81. The van der Waals surface area contributed by atoms with Gasteiger partial charge < -0.3 is 4.74 Å². The van der Waals surface area contributed by atoms with Crippen LogP contribution in [-0.2, 0) is 6.61 Å². The summed E-state index contributed by atoms with van der Waals surface area (Å²) in [4.78, 5) is 16.2. The van der Waals surface area contributed by atoms with Gasteiger partial charge in [0, 0.05) is 29.1 Å². The average Bonchev–Trinajstić information content (AvgIpc) is 2.66. The van der Waals surface area contributed by atoms with Crippen LogP contribution in [0.4, 0.5) is 4.39 Å². The van der Waals surface area contributed by atoms with Gasteiger partial charge in [0.15, 0.2) is 5.78 Å². The monoisotopic (exact) mass is 333 g/mol. The summed E-state index contributed by atoms with van der Waals surface area (Å²) < 4.78 is 18.8. The zero-order valence-electron chi connectivity index (χ0n) is 13.4. The van der Waals surface area contributed by atoms with Crippen LogP contribution in [-0.4, -0.2) is 10.8 Å². The van der Waals surface area contributed by atoms with E-state index in [-0.39, 0.29) is 11.6 Å². The van der Waals surface area contributed by atoms with E-state index in [0.717, 1.165) is 11.1 Å². The summed E-state index contributed by atoms with van der Waals surface area (Å²) in [6.07, 6.45) is 6.61. The van der Waals surface area contributed by atoms with Crippen LogP contribution < -0.4 is 4.74 Å². The topological polar surface area (TPSA) is 39.2 Å². The summed E-state index contributed by atoms with van der Waals surface area (Å²) in [5, 5.41) is 0. The third-order valence-corrected chi connectivity index (χ3v) is 3.58. The second-order valence-corrected chi connectivity index (χ2v) is 5.39. The molecule has 0 fully saturated rings. The minimum Gasteiger partial charge on any atom is -0.488 e. The molecule has 0 amide bonds. The lowest BCUT2D eigenvalue weighted by molar-refractivity contribution is 0.104. The Morgan fingerprint density at radius 1 is 1.04 bits per heavy atom. The highest BCUT2D eigenvalue weighted by atomic mass is 19.1. The van der Waals surface area contributed by atoms with Crippen molar-refractivity contribution in [1.29, 1.82) is 0 Å². The van der Waals surface area contributed by atoms with E-state index in [1.165, 1.54) is 30.3 Å². The molecule has 0 atom stereocenters. The molecule has 1 aromatic heterocycles. The molecule has 0 saturated heterocycles. The van der Waals surface area contributed by atoms with Gasteiger partial charge in [-0.1, -0.05) is 24.3 Å². The Bertz CT molecular complexity index is 874. The number of ketones is 1. The lowest BCUT2D eigenvalue weighted by Gasteiger charge is -2.09. The zero-order valence-corrected chi connectivity index (χ0v) is 13.4. The lowest BCUT2D eigenvalue weighted by Crippen LogP contribution is -1.98. The van der Waals surface area contributed by atoms with Crippen molar-refractivity contribution >= 4 is 11.9 Å². The molecule has 3 rings (SSSR count). The fourth-order valence-corrected chi connectivity index (χ4v) is 2.27. The maximum atomic E-state index is 12.9. The Morgan fingerprint density at radius 3 is 2.60 bits per heavy atom. The highest BCUT2D eigenvalue weighted by Gasteiger charge is 2.04. The molecule has 25 heavy (non-hydrogen) atoms. The maximum Gasteiger partial charge on any atom is 0.185 e. The molecule has 0 unspecified atom stereocenters. The van der Waals surface area contributed by atoms with Crippen LogP contribution in [0.2, 0.25) is 0 Å². The normalized spacial score (nSPS) is 10.8. The summed E-state index contributed by atoms with van der Waals surface area (Å²) >= 11 is 0. The van der Waals surface area contributed by atoms with Crippen LogP contribution in [0.3, 0.4) is 0 Å². The van der Waals surface area contributed by atoms with Crippen LogP contribution >= 0.6 is 0 Å². The molecule has 0 aliphatic heterocycles. The van der Waals surface area contributed by atoms with Gasteiger partial charge in [0.05, 0.1) is 0 Å². The van der Waals surface area contributed by atoms with Crippen LogP contribution in [0, 0.1) is 5.82 Å². The molecule has 2 aromatic carbocycles.